The number of carbonyl (C=O) groups excluding carboxylic acids is 2. The molecule has 2 N–H and O–H groups in total. The third-order valence-corrected chi connectivity index (χ3v) is 5.84. The van der Waals surface area contributed by atoms with Crippen molar-refractivity contribution in [2.75, 3.05) is 18.6 Å². The van der Waals surface area contributed by atoms with Gasteiger partial charge in [-0.25, -0.2) is 0 Å². The summed E-state index contributed by atoms with van der Waals surface area (Å²) in [5, 5.41) is 5.87. The molecule has 3 rings (SSSR count). The van der Waals surface area contributed by atoms with Gasteiger partial charge in [0.05, 0.1) is 17.9 Å². The van der Waals surface area contributed by atoms with E-state index in [1.54, 1.807) is 54.4 Å². The van der Waals surface area contributed by atoms with Crippen molar-refractivity contribution in [3.05, 3.63) is 95.6 Å². The van der Waals surface area contributed by atoms with Crippen LogP contribution < -0.4 is 20.3 Å². The first-order chi connectivity index (χ1) is 17.0. The maximum absolute atomic E-state index is 12.9. The molecule has 0 atom stereocenters. The van der Waals surface area contributed by atoms with E-state index in [-0.39, 0.29) is 16.9 Å². The third kappa shape index (κ3) is 7.65. The minimum Gasteiger partial charge on any atom is -0.494 e. The zero-order valence-electron chi connectivity index (χ0n) is 20.1. The second-order valence-corrected chi connectivity index (χ2v) is 8.47. The van der Waals surface area contributed by atoms with Gasteiger partial charge in [0.2, 0.25) is 0 Å². The normalized spacial score (nSPS) is 10.3. The Morgan fingerprint density at radius 3 is 2.29 bits per heavy atom. The largest absolute Gasteiger partial charge is 0.494 e. The van der Waals surface area contributed by atoms with Crippen LogP contribution in [0.1, 0.15) is 52.5 Å². The van der Waals surface area contributed by atoms with E-state index in [1.807, 2.05) is 36.4 Å². The molecule has 3 aromatic rings. The molecule has 7 heteroatoms. The minimum atomic E-state index is -0.328. The van der Waals surface area contributed by atoms with Crippen LogP contribution in [0.5, 0.6) is 5.75 Å². The van der Waals surface area contributed by atoms with Gasteiger partial charge >= 0.3 is 0 Å². The lowest BCUT2D eigenvalue weighted by molar-refractivity contribution is 0.0949. The summed E-state index contributed by atoms with van der Waals surface area (Å²) in [6.07, 6.45) is 3.27. The summed E-state index contributed by atoms with van der Waals surface area (Å²) >= 11 is 5.47. The first-order valence-corrected chi connectivity index (χ1v) is 12.1. The summed E-state index contributed by atoms with van der Waals surface area (Å²) in [4.78, 5) is 27.2. The van der Waals surface area contributed by atoms with E-state index in [0.717, 1.165) is 30.6 Å². The van der Waals surface area contributed by atoms with Crippen LogP contribution >= 0.6 is 12.2 Å². The number of ether oxygens (including phenoxy) is 1. The second-order valence-electron chi connectivity index (χ2n) is 8.08. The molecule has 2 amide bonds. The molecule has 182 valence electrons. The Labute approximate surface area is 212 Å². The van der Waals surface area contributed by atoms with Gasteiger partial charge in [0, 0.05) is 19.2 Å². The van der Waals surface area contributed by atoms with Gasteiger partial charge < -0.3 is 15.0 Å². The lowest BCUT2D eigenvalue weighted by Crippen LogP contribution is -2.41. The van der Waals surface area contributed by atoms with Gasteiger partial charge in [0.25, 0.3) is 11.8 Å². The van der Waals surface area contributed by atoms with Crippen molar-refractivity contribution in [2.24, 2.45) is 0 Å². The van der Waals surface area contributed by atoms with Crippen LogP contribution in [0.2, 0.25) is 0 Å². The van der Waals surface area contributed by atoms with Crippen LogP contribution in [0.4, 0.5) is 5.69 Å². The molecule has 0 unspecified atom stereocenters. The Kier molecular flexibility index (Phi) is 9.80. The molecule has 0 saturated carbocycles. The number of thiocarbonyl (C=S) groups is 1. The molecule has 0 aromatic heterocycles. The maximum Gasteiger partial charge on any atom is 0.257 e. The highest BCUT2D eigenvalue weighted by Crippen LogP contribution is 2.20. The van der Waals surface area contributed by atoms with Crippen LogP contribution in [-0.4, -0.2) is 30.6 Å². The average molecular weight is 490 g/mol. The van der Waals surface area contributed by atoms with Crippen LogP contribution in [0.3, 0.4) is 0 Å². The van der Waals surface area contributed by atoms with E-state index >= 15 is 0 Å². The number of anilines is 1. The monoisotopic (exact) mass is 489 g/mol. The standard InChI is InChI=1S/C28H31N3O3S/c1-3-4-10-19-34-23-17-15-22(16-18-23)26(32)30-28(35)31(2)25-14-9-8-13-24(25)27(33)29-20-21-11-6-5-7-12-21/h5-9,11-18H,3-4,10,19-20H2,1-2H3,(H,29,33)(H,30,32,35). The SMILES string of the molecule is CCCCCOc1ccc(C(=O)NC(=S)N(C)c2ccccc2C(=O)NCc2ccccc2)cc1. The fourth-order valence-corrected chi connectivity index (χ4v) is 3.63. The molecule has 0 spiro atoms. The molecular formula is C28H31N3O3S. The van der Waals surface area contributed by atoms with Crippen molar-refractivity contribution < 1.29 is 14.3 Å². The lowest BCUT2D eigenvalue weighted by Gasteiger charge is -2.23. The Morgan fingerprint density at radius 2 is 1.57 bits per heavy atom. The Balaban J connectivity index is 1.60. The number of benzene rings is 3. The number of carbonyl (C=O) groups is 2. The maximum atomic E-state index is 12.9. The van der Waals surface area contributed by atoms with E-state index in [9.17, 15) is 9.59 Å². The van der Waals surface area contributed by atoms with E-state index in [4.69, 9.17) is 17.0 Å². The number of nitrogens with zero attached hydrogens (tertiary/aromatic N) is 1. The third-order valence-electron chi connectivity index (χ3n) is 5.46. The van der Waals surface area contributed by atoms with Crippen molar-refractivity contribution in [1.29, 1.82) is 0 Å². The molecule has 0 aliphatic carbocycles. The molecular weight excluding hydrogens is 458 g/mol. The van der Waals surface area contributed by atoms with Gasteiger partial charge in [-0.1, -0.05) is 62.2 Å². The quantitative estimate of drug-likeness (QED) is 0.297. The first kappa shape index (κ1) is 25.9. The summed E-state index contributed by atoms with van der Waals surface area (Å²) in [5.74, 6) is 0.179. The number of hydrogen-bond acceptors (Lipinski definition) is 4. The summed E-state index contributed by atoms with van der Waals surface area (Å²) < 4.78 is 5.70. The van der Waals surface area contributed by atoms with Crippen molar-refractivity contribution >= 4 is 34.8 Å². The fraction of sp³-hybridized carbons (Fsp3) is 0.250. The molecule has 0 heterocycles. The zero-order chi connectivity index (χ0) is 25.0. The summed E-state index contributed by atoms with van der Waals surface area (Å²) in [5.41, 5.74) is 2.54. The minimum absolute atomic E-state index is 0.193. The number of nitrogens with one attached hydrogen (secondary N) is 2. The number of hydrogen-bond donors (Lipinski definition) is 2. The first-order valence-electron chi connectivity index (χ1n) is 11.7. The number of amides is 2. The molecule has 35 heavy (non-hydrogen) atoms. The molecule has 3 aromatic carbocycles. The van der Waals surface area contributed by atoms with Crippen LogP contribution in [0, 0.1) is 0 Å². The Hall–Kier alpha value is -3.71. The lowest BCUT2D eigenvalue weighted by atomic mass is 10.1. The molecule has 0 bridgehead atoms. The van der Waals surface area contributed by atoms with Crippen LogP contribution in [-0.2, 0) is 6.54 Å². The van der Waals surface area contributed by atoms with Gasteiger partial charge in [0.15, 0.2) is 5.11 Å². The van der Waals surface area contributed by atoms with E-state index in [0.29, 0.717) is 30.0 Å². The number of unbranched alkanes of at least 4 members (excludes halogenated alkanes) is 2. The second kappa shape index (κ2) is 13.2. The molecule has 0 aliphatic heterocycles. The Morgan fingerprint density at radius 1 is 0.886 bits per heavy atom. The van der Waals surface area contributed by atoms with Crippen LogP contribution in [0.15, 0.2) is 78.9 Å². The van der Waals surface area contributed by atoms with Crippen LogP contribution in [0.25, 0.3) is 0 Å². The van der Waals surface area contributed by atoms with Gasteiger partial charge in [-0.15, -0.1) is 0 Å². The molecule has 6 nitrogen and oxygen atoms in total. The molecule has 0 aliphatic rings. The molecule has 0 saturated heterocycles. The average Bonchev–Trinajstić information content (AvgIpc) is 2.90. The van der Waals surface area contributed by atoms with Crippen molar-refractivity contribution in [3.8, 4) is 5.75 Å². The van der Waals surface area contributed by atoms with E-state index in [1.165, 1.54) is 0 Å². The predicted molar refractivity (Wildman–Crippen MR) is 144 cm³/mol. The van der Waals surface area contributed by atoms with Gasteiger partial charge in [-0.05, 0) is 60.6 Å². The van der Waals surface area contributed by atoms with Crippen molar-refractivity contribution in [1.82, 2.24) is 10.6 Å². The van der Waals surface area contributed by atoms with Gasteiger partial charge in [0.1, 0.15) is 5.75 Å². The Bertz CT molecular complexity index is 1130. The predicted octanol–water partition coefficient (Wildman–Crippen LogP) is 5.34. The summed E-state index contributed by atoms with van der Waals surface area (Å²) in [6, 6.07) is 23.8. The highest BCUT2D eigenvalue weighted by Gasteiger charge is 2.18. The highest BCUT2D eigenvalue weighted by molar-refractivity contribution is 7.80. The van der Waals surface area contributed by atoms with E-state index < -0.39 is 0 Å². The van der Waals surface area contributed by atoms with Crippen molar-refractivity contribution in [2.45, 2.75) is 32.7 Å². The van der Waals surface area contributed by atoms with E-state index in [2.05, 4.69) is 17.6 Å². The number of rotatable bonds is 10. The van der Waals surface area contributed by atoms with Crippen molar-refractivity contribution in [3.63, 3.8) is 0 Å². The smallest absolute Gasteiger partial charge is 0.257 e. The highest BCUT2D eigenvalue weighted by atomic mass is 32.1. The zero-order valence-corrected chi connectivity index (χ0v) is 20.9. The summed E-state index contributed by atoms with van der Waals surface area (Å²) in [7, 11) is 1.72. The van der Waals surface area contributed by atoms with Gasteiger partial charge in [-0.3, -0.25) is 14.9 Å². The molecule has 0 radical (unpaired) electrons. The molecule has 0 fully saturated rings. The topological polar surface area (TPSA) is 70.7 Å². The number of para-hydroxylation sites is 1. The fourth-order valence-electron chi connectivity index (χ4n) is 3.44. The summed E-state index contributed by atoms with van der Waals surface area (Å²) in [6.45, 7) is 3.22. The van der Waals surface area contributed by atoms with Gasteiger partial charge in [-0.2, -0.15) is 0 Å².